The molecule has 0 aliphatic heterocycles. The fraction of sp³-hybridized carbons (Fsp3) is 0.562. The summed E-state index contributed by atoms with van der Waals surface area (Å²) in [5, 5.41) is 0. The number of carbonyl (C=O) groups excluding carboxylic acids is 1. The maximum absolute atomic E-state index is 12.2. The molecule has 1 aromatic carbocycles. The summed E-state index contributed by atoms with van der Waals surface area (Å²) in [6.07, 6.45) is 5.39. The van der Waals surface area contributed by atoms with Crippen molar-refractivity contribution in [3.63, 3.8) is 0 Å². The zero-order valence-corrected chi connectivity index (χ0v) is 12.0. The van der Waals surface area contributed by atoms with E-state index in [-0.39, 0.29) is 11.8 Å². The van der Waals surface area contributed by atoms with Crippen molar-refractivity contribution in [1.29, 1.82) is 0 Å². The lowest BCUT2D eigenvalue weighted by Gasteiger charge is -2.22. The molecule has 1 amide bonds. The number of fused-ring (bicyclic) bond motifs is 1. The van der Waals surface area contributed by atoms with Gasteiger partial charge in [0.05, 0.1) is 0 Å². The molecule has 0 fully saturated rings. The summed E-state index contributed by atoms with van der Waals surface area (Å²) in [5.74, 6) is 0.390. The van der Waals surface area contributed by atoms with E-state index in [0.717, 1.165) is 12.1 Å². The van der Waals surface area contributed by atoms with Crippen molar-refractivity contribution in [1.82, 2.24) is 0 Å². The van der Waals surface area contributed by atoms with Gasteiger partial charge >= 0.3 is 0 Å². The molecular formula is C16H24N2O. The first-order valence-corrected chi connectivity index (χ1v) is 7.20. The molecule has 3 nitrogen and oxygen atoms in total. The molecule has 19 heavy (non-hydrogen) atoms. The van der Waals surface area contributed by atoms with Crippen LogP contribution in [0.3, 0.4) is 0 Å². The standard InChI is InChI=1S/C16H24N2O/c1-12(11-17)9-16(19)18(2)15-8-7-13-5-3-4-6-14(13)10-15/h7-8,10,12H,3-6,9,11,17H2,1-2H3. The van der Waals surface area contributed by atoms with Crippen LogP contribution in [0.1, 0.15) is 37.3 Å². The van der Waals surface area contributed by atoms with Gasteiger partial charge in [0, 0.05) is 19.2 Å². The van der Waals surface area contributed by atoms with E-state index in [2.05, 4.69) is 18.2 Å². The number of benzene rings is 1. The Kier molecular flexibility index (Phi) is 4.59. The zero-order valence-electron chi connectivity index (χ0n) is 12.0. The lowest BCUT2D eigenvalue weighted by Crippen LogP contribution is -2.29. The van der Waals surface area contributed by atoms with Gasteiger partial charge in [-0.3, -0.25) is 4.79 Å². The summed E-state index contributed by atoms with van der Waals surface area (Å²) in [6.45, 7) is 2.57. The Morgan fingerprint density at radius 1 is 1.32 bits per heavy atom. The minimum absolute atomic E-state index is 0.147. The number of carbonyl (C=O) groups is 1. The molecular weight excluding hydrogens is 236 g/mol. The monoisotopic (exact) mass is 260 g/mol. The number of hydrogen-bond donors (Lipinski definition) is 1. The van der Waals surface area contributed by atoms with Crippen LogP contribution in [0.5, 0.6) is 0 Å². The Labute approximate surface area is 115 Å². The Hall–Kier alpha value is -1.35. The second-order valence-corrected chi connectivity index (χ2v) is 5.66. The van der Waals surface area contributed by atoms with Crippen LogP contribution in [-0.2, 0) is 17.6 Å². The van der Waals surface area contributed by atoms with Crippen LogP contribution in [0.2, 0.25) is 0 Å². The third-order valence-electron chi connectivity index (χ3n) is 4.02. The molecule has 3 heteroatoms. The minimum atomic E-state index is 0.147. The Morgan fingerprint density at radius 3 is 2.68 bits per heavy atom. The van der Waals surface area contributed by atoms with Crippen molar-refractivity contribution in [3.05, 3.63) is 29.3 Å². The van der Waals surface area contributed by atoms with E-state index in [9.17, 15) is 4.79 Å². The van der Waals surface area contributed by atoms with Crippen molar-refractivity contribution >= 4 is 11.6 Å². The second kappa shape index (κ2) is 6.20. The van der Waals surface area contributed by atoms with Gasteiger partial charge in [-0.05, 0) is 61.4 Å². The van der Waals surface area contributed by atoms with E-state index in [1.165, 1.54) is 30.4 Å². The number of hydrogen-bond acceptors (Lipinski definition) is 2. The fourth-order valence-electron chi connectivity index (χ4n) is 2.59. The quantitative estimate of drug-likeness (QED) is 0.904. The molecule has 1 aromatic rings. The molecule has 2 rings (SSSR count). The maximum atomic E-state index is 12.2. The van der Waals surface area contributed by atoms with E-state index in [1.54, 1.807) is 4.90 Å². The van der Waals surface area contributed by atoms with Gasteiger partial charge in [0.25, 0.3) is 0 Å². The number of nitrogens with zero attached hydrogens (tertiary/aromatic N) is 1. The first-order chi connectivity index (χ1) is 9.11. The highest BCUT2D eigenvalue weighted by atomic mass is 16.2. The van der Waals surface area contributed by atoms with Crippen molar-refractivity contribution in [3.8, 4) is 0 Å². The van der Waals surface area contributed by atoms with Crippen LogP contribution < -0.4 is 10.6 Å². The molecule has 0 saturated carbocycles. The molecule has 0 spiro atoms. The predicted octanol–water partition coefficient (Wildman–Crippen LogP) is 2.51. The molecule has 2 N–H and O–H groups in total. The van der Waals surface area contributed by atoms with E-state index in [0.29, 0.717) is 13.0 Å². The van der Waals surface area contributed by atoms with Gasteiger partial charge in [-0.1, -0.05) is 13.0 Å². The largest absolute Gasteiger partial charge is 0.330 e. The molecule has 0 aromatic heterocycles. The van der Waals surface area contributed by atoms with E-state index in [4.69, 9.17) is 5.73 Å². The normalized spacial score (nSPS) is 15.7. The van der Waals surface area contributed by atoms with Crippen molar-refractivity contribution in [2.45, 2.75) is 39.0 Å². The summed E-state index contributed by atoms with van der Waals surface area (Å²) in [6, 6.07) is 6.43. The second-order valence-electron chi connectivity index (χ2n) is 5.66. The minimum Gasteiger partial charge on any atom is -0.330 e. The number of anilines is 1. The average molecular weight is 260 g/mol. The van der Waals surface area contributed by atoms with Crippen LogP contribution in [0.4, 0.5) is 5.69 Å². The van der Waals surface area contributed by atoms with Gasteiger partial charge in [0.15, 0.2) is 0 Å². The SMILES string of the molecule is CC(CN)CC(=O)N(C)c1ccc2c(c1)CCCC2. The lowest BCUT2D eigenvalue weighted by atomic mass is 9.91. The Morgan fingerprint density at radius 2 is 2.00 bits per heavy atom. The molecule has 0 radical (unpaired) electrons. The van der Waals surface area contributed by atoms with Crippen LogP contribution in [0, 0.1) is 5.92 Å². The molecule has 1 unspecified atom stereocenters. The molecule has 1 aliphatic carbocycles. The van der Waals surface area contributed by atoms with Crippen LogP contribution in [0.15, 0.2) is 18.2 Å². The summed E-state index contributed by atoms with van der Waals surface area (Å²) in [4.78, 5) is 13.9. The third kappa shape index (κ3) is 3.35. The first kappa shape index (κ1) is 14.1. The summed E-state index contributed by atoms with van der Waals surface area (Å²) < 4.78 is 0. The van der Waals surface area contributed by atoms with Crippen molar-refractivity contribution in [2.75, 3.05) is 18.5 Å². The van der Waals surface area contributed by atoms with Crippen LogP contribution in [0.25, 0.3) is 0 Å². The third-order valence-corrected chi connectivity index (χ3v) is 4.02. The van der Waals surface area contributed by atoms with Gasteiger partial charge in [0.2, 0.25) is 5.91 Å². The number of rotatable bonds is 4. The maximum Gasteiger partial charge on any atom is 0.227 e. The molecule has 0 saturated heterocycles. The van der Waals surface area contributed by atoms with E-state index >= 15 is 0 Å². The average Bonchev–Trinajstić information content (AvgIpc) is 2.45. The fourth-order valence-corrected chi connectivity index (χ4v) is 2.59. The Bertz CT molecular complexity index is 456. The number of nitrogens with two attached hydrogens (primary N) is 1. The van der Waals surface area contributed by atoms with E-state index in [1.807, 2.05) is 14.0 Å². The van der Waals surface area contributed by atoms with Crippen molar-refractivity contribution in [2.24, 2.45) is 11.7 Å². The lowest BCUT2D eigenvalue weighted by molar-refractivity contribution is -0.119. The Balaban J connectivity index is 2.10. The van der Waals surface area contributed by atoms with Crippen molar-refractivity contribution < 1.29 is 4.79 Å². The van der Waals surface area contributed by atoms with E-state index < -0.39 is 0 Å². The topological polar surface area (TPSA) is 46.3 Å². The van der Waals surface area contributed by atoms with Crippen LogP contribution in [-0.4, -0.2) is 19.5 Å². The van der Waals surface area contributed by atoms with Gasteiger partial charge in [-0.2, -0.15) is 0 Å². The summed E-state index contributed by atoms with van der Waals surface area (Å²) in [7, 11) is 1.86. The molecule has 0 heterocycles. The molecule has 1 aliphatic rings. The first-order valence-electron chi connectivity index (χ1n) is 7.20. The smallest absolute Gasteiger partial charge is 0.227 e. The van der Waals surface area contributed by atoms with Gasteiger partial charge in [-0.25, -0.2) is 0 Å². The van der Waals surface area contributed by atoms with Gasteiger partial charge in [-0.15, -0.1) is 0 Å². The summed E-state index contributed by atoms with van der Waals surface area (Å²) >= 11 is 0. The highest BCUT2D eigenvalue weighted by Gasteiger charge is 2.16. The highest BCUT2D eigenvalue weighted by Crippen LogP contribution is 2.26. The van der Waals surface area contributed by atoms with Crippen LogP contribution >= 0.6 is 0 Å². The molecule has 104 valence electrons. The van der Waals surface area contributed by atoms with Gasteiger partial charge in [0.1, 0.15) is 0 Å². The predicted molar refractivity (Wildman–Crippen MR) is 79.3 cm³/mol. The molecule has 1 atom stereocenters. The van der Waals surface area contributed by atoms with Gasteiger partial charge < -0.3 is 10.6 Å². The molecule has 0 bridgehead atoms. The number of aryl methyl sites for hydroxylation is 2. The zero-order chi connectivity index (χ0) is 13.8. The highest BCUT2D eigenvalue weighted by molar-refractivity contribution is 5.93. The summed E-state index contributed by atoms with van der Waals surface area (Å²) in [5.41, 5.74) is 9.45. The number of amides is 1.